The molecule has 0 radical (unpaired) electrons. The van der Waals surface area contributed by atoms with Gasteiger partial charge in [0.05, 0.1) is 0 Å². The molecule has 6 heteroatoms. The van der Waals surface area contributed by atoms with E-state index < -0.39 is 0 Å². The van der Waals surface area contributed by atoms with E-state index >= 15 is 0 Å². The van der Waals surface area contributed by atoms with Crippen molar-refractivity contribution in [2.24, 2.45) is 0 Å². The van der Waals surface area contributed by atoms with Gasteiger partial charge in [-0.05, 0) is 38.0 Å². The predicted octanol–water partition coefficient (Wildman–Crippen LogP) is 1.71. The zero-order valence-corrected chi connectivity index (χ0v) is 13.7. The zero-order chi connectivity index (χ0) is 16.2. The summed E-state index contributed by atoms with van der Waals surface area (Å²) in [4.78, 5) is 21.2. The maximum Gasteiger partial charge on any atom is 0.244 e. The number of rotatable bonds is 4. The molecule has 23 heavy (non-hydrogen) atoms. The number of nitrogens with zero attached hydrogens (tertiary/aromatic N) is 5. The van der Waals surface area contributed by atoms with Crippen LogP contribution in [0.3, 0.4) is 0 Å². The molecular weight excluding hydrogens is 290 g/mol. The lowest BCUT2D eigenvalue weighted by molar-refractivity contribution is -0.133. The van der Waals surface area contributed by atoms with Crippen LogP contribution in [0.5, 0.6) is 0 Å². The van der Waals surface area contributed by atoms with Gasteiger partial charge in [0, 0.05) is 44.3 Å². The number of amides is 1. The Hall–Kier alpha value is -2.37. The Morgan fingerprint density at radius 2 is 2.26 bits per heavy atom. The predicted molar refractivity (Wildman–Crippen MR) is 89.2 cm³/mol. The van der Waals surface area contributed by atoms with Crippen molar-refractivity contribution in [3.63, 3.8) is 0 Å². The maximum atomic E-state index is 12.4. The van der Waals surface area contributed by atoms with Crippen LogP contribution in [0.1, 0.15) is 18.5 Å². The minimum Gasteiger partial charge on any atom is -0.355 e. The standard InChI is InChI=1S/C17H23N5O/c1-14-6-3-8-16(19-14)21-10-4-7-15(12-21)20(2)17(23)13-22-11-5-9-18-22/h3,5-6,8-9,11,15H,4,7,10,12-13H2,1-2H3/t15-/m0/s1. The van der Waals surface area contributed by atoms with Crippen LogP contribution in [0.25, 0.3) is 0 Å². The first kappa shape index (κ1) is 15.5. The first-order valence-corrected chi connectivity index (χ1v) is 8.05. The number of pyridine rings is 1. The Bertz CT molecular complexity index is 655. The number of hydrogen-bond acceptors (Lipinski definition) is 4. The van der Waals surface area contributed by atoms with Crippen LogP contribution in [-0.2, 0) is 11.3 Å². The van der Waals surface area contributed by atoms with E-state index in [4.69, 9.17) is 0 Å². The fraction of sp³-hybridized carbons (Fsp3) is 0.471. The van der Waals surface area contributed by atoms with Gasteiger partial charge in [0.1, 0.15) is 12.4 Å². The molecule has 6 nitrogen and oxygen atoms in total. The fourth-order valence-corrected chi connectivity index (χ4v) is 3.03. The highest BCUT2D eigenvalue weighted by Crippen LogP contribution is 2.20. The molecule has 122 valence electrons. The van der Waals surface area contributed by atoms with E-state index in [1.807, 2.05) is 49.3 Å². The van der Waals surface area contributed by atoms with E-state index in [0.717, 1.165) is 37.4 Å². The van der Waals surface area contributed by atoms with Crippen molar-refractivity contribution in [1.29, 1.82) is 0 Å². The largest absolute Gasteiger partial charge is 0.355 e. The maximum absolute atomic E-state index is 12.4. The normalized spacial score (nSPS) is 18.0. The van der Waals surface area contributed by atoms with Crippen LogP contribution in [0, 0.1) is 6.92 Å². The summed E-state index contributed by atoms with van der Waals surface area (Å²) in [5.41, 5.74) is 1.02. The van der Waals surface area contributed by atoms with Gasteiger partial charge in [-0.25, -0.2) is 4.98 Å². The second-order valence-electron chi connectivity index (χ2n) is 6.09. The second kappa shape index (κ2) is 6.81. The first-order chi connectivity index (χ1) is 11.1. The monoisotopic (exact) mass is 313 g/mol. The van der Waals surface area contributed by atoms with Crippen LogP contribution < -0.4 is 4.90 Å². The molecule has 0 saturated carbocycles. The molecule has 1 atom stereocenters. The number of carbonyl (C=O) groups is 1. The molecular formula is C17H23N5O. The molecule has 0 spiro atoms. The van der Waals surface area contributed by atoms with Crippen LogP contribution in [0.4, 0.5) is 5.82 Å². The Balaban J connectivity index is 1.64. The molecule has 2 aromatic heterocycles. The molecule has 3 rings (SSSR count). The Morgan fingerprint density at radius 1 is 1.39 bits per heavy atom. The smallest absolute Gasteiger partial charge is 0.244 e. The Labute approximate surface area is 136 Å². The van der Waals surface area contributed by atoms with E-state index in [2.05, 4.69) is 15.0 Å². The topological polar surface area (TPSA) is 54.3 Å². The third-order valence-electron chi connectivity index (χ3n) is 4.39. The number of aromatic nitrogens is 3. The lowest BCUT2D eigenvalue weighted by Crippen LogP contribution is -2.49. The lowest BCUT2D eigenvalue weighted by Gasteiger charge is -2.38. The molecule has 0 bridgehead atoms. The van der Waals surface area contributed by atoms with Crippen molar-refractivity contribution in [1.82, 2.24) is 19.7 Å². The van der Waals surface area contributed by atoms with Gasteiger partial charge in [-0.1, -0.05) is 6.07 Å². The number of piperidine rings is 1. The average Bonchev–Trinajstić information content (AvgIpc) is 3.07. The van der Waals surface area contributed by atoms with E-state index in [0.29, 0.717) is 6.54 Å². The minimum atomic E-state index is 0.0951. The fourth-order valence-electron chi connectivity index (χ4n) is 3.03. The summed E-state index contributed by atoms with van der Waals surface area (Å²) in [5, 5.41) is 4.10. The highest BCUT2D eigenvalue weighted by molar-refractivity contribution is 5.76. The Morgan fingerprint density at radius 3 is 3.00 bits per heavy atom. The summed E-state index contributed by atoms with van der Waals surface area (Å²) in [6, 6.07) is 8.13. The van der Waals surface area contributed by atoms with Gasteiger partial charge < -0.3 is 9.80 Å². The minimum absolute atomic E-state index is 0.0951. The third-order valence-corrected chi connectivity index (χ3v) is 4.39. The summed E-state index contributed by atoms with van der Waals surface area (Å²) in [5.74, 6) is 1.10. The number of likely N-dealkylation sites (N-methyl/N-ethyl adjacent to an activating group) is 1. The average molecular weight is 313 g/mol. The van der Waals surface area contributed by atoms with E-state index in [1.165, 1.54) is 0 Å². The third kappa shape index (κ3) is 3.70. The van der Waals surface area contributed by atoms with Crippen LogP contribution in [-0.4, -0.2) is 51.8 Å². The summed E-state index contributed by atoms with van der Waals surface area (Å²) < 4.78 is 1.67. The molecule has 2 aromatic rings. The molecule has 0 unspecified atom stereocenters. The lowest BCUT2D eigenvalue weighted by atomic mass is 10.0. The molecule has 0 aliphatic carbocycles. The van der Waals surface area contributed by atoms with E-state index in [-0.39, 0.29) is 11.9 Å². The van der Waals surface area contributed by atoms with Gasteiger partial charge in [0.25, 0.3) is 0 Å². The van der Waals surface area contributed by atoms with Gasteiger partial charge in [-0.15, -0.1) is 0 Å². The van der Waals surface area contributed by atoms with Gasteiger partial charge in [0.15, 0.2) is 0 Å². The van der Waals surface area contributed by atoms with E-state index in [9.17, 15) is 4.79 Å². The van der Waals surface area contributed by atoms with Crippen molar-refractivity contribution in [3.05, 3.63) is 42.4 Å². The number of carbonyl (C=O) groups excluding carboxylic acids is 1. The number of hydrogen-bond donors (Lipinski definition) is 0. The second-order valence-corrected chi connectivity index (χ2v) is 6.09. The van der Waals surface area contributed by atoms with Crippen LogP contribution in [0.2, 0.25) is 0 Å². The quantitative estimate of drug-likeness (QED) is 0.862. The summed E-state index contributed by atoms with van der Waals surface area (Å²) in [6.45, 7) is 4.12. The van der Waals surface area contributed by atoms with E-state index in [1.54, 1.807) is 10.9 Å². The first-order valence-electron chi connectivity index (χ1n) is 8.05. The van der Waals surface area contributed by atoms with Gasteiger partial charge in [-0.2, -0.15) is 5.10 Å². The van der Waals surface area contributed by atoms with Crippen molar-refractivity contribution in [2.75, 3.05) is 25.0 Å². The number of anilines is 1. The summed E-state index contributed by atoms with van der Waals surface area (Å²) >= 11 is 0. The van der Waals surface area contributed by atoms with Crippen molar-refractivity contribution in [2.45, 2.75) is 32.4 Å². The SMILES string of the molecule is Cc1cccc(N2CCC[C@H](N(C)C(=O)Cn3cccn3)C2)n1. The Kier molecular flexibility index (Phi) is 4.60. The van der Waals surface area contributed by atoms with Crippen molar-refractivity contribution >= 4 is 11.7 Å². The molecule has 1 saturated heterocycles. The van der Waals surface area contributed by atoms with Crippen molar-refractivity contribution in [3.8, 4) is 0 Å². The molecule has 1 fully saturated rings. The molecule has 1 amide bonds. The van der Waals surface area contributed by atoms with Crippen LogP contribution >= 0.6 is 0 Å². The highest BCUT2D eigenvalue weighted by Gasteiger charge is 2.26. The van der Waals surface area contributed by atoms with Gasteiger partial charge in [0.2, 0.25) is 5.91 Å². The molecule has 1 aliphatic rings. The van der Waals surface area contributed by atoms with Crippen molar-refractivity contribution < 1.29 is 4.79 Å². The van der Waals surface area contributed by atoms with Crippen LogP contribution in [0.15, 0.2) is 36.7 Å². The molecule has 3 heterocycles. The van der Waals surface area contributed by atoms with Gasteiger partial charge >= 0.3 is 0 Å². The number of aryl methyl sites for hydroxylation is 1. The summed E-state index contributed by atoms with van der Waals surface area (Å²) in [6.07, 6.45) is 5.61. The van der Waals surface area contributed by atoms with Gasteiger partial charge in [-0.3, -0.25) is 9.48 Å². The summed E-state index contributed by atoms with van der Waals surface area (Å²) in [7, 11) is 1.89. The molecule has 0 aromatic carbocycles. The zero-order valence-electron chi connectivity index (χ0n) is 13.7. The molecule has 0 N–H and O–H groups in total. The molecule has 1 aliphatic heterocycles. The highest BCUT2D eigenvalue weighted by atomic mass is 16.2.